The van der Waals surface area contributed by atoms with Crippen LogP contribution >= 0.6 is 22.9 Å². The second-order valence-corrected chi connectivity index (χ2v) is 14.2. The molecule has 0 aliphatic carbocycles. The van der Waals surface area contributed by atoms with Crippen LogP contribution in [0.5, 0.6) is 11.5 Å². The number of rotatable bonds is 11. The molecular weight excluding hydrogens is 696 g/mol. The van der Waals surface area contributed by atoms with E-state index in [1.807, 2.05) is 48.5 Å². The van der Waals surface area contributed by atoms with E-state index in [0.717, 1.165) is 38.6 Å². The van der Waals surface area contributed by atoms with Gasteiger partial charge in [-0.2, -0.15) is 0 Å². The number of aliphatic hydroxyl groups excluding tert-OH is 4. The fraction of sp³-hybridized carbons (Fsp3) is 0.316. The molecule has 5 unspecified atom stereocenters. The van der Waals surface area contributed by atoms with Crippen molar-refractivity contribution in [2.75, 3.05) is 42.0 Å². The van der Waals surface area contributed by atoms with Gasteiger partial charge in [0.2, 0.25) is 6.29 Å². The molecular formula is C38H37ClN2O9S. The molecule has 7 rings (SSSR count). The first-order valence-electron chi connectivity index (χ1n) is 16.6. The van der Waals surface area contributed by atoms with Crippen molar-refractivity contribution < 1.29 is 44.6 Å². The van der Waals surface area contributed by atoms with E-state index < -0.39 is 37.8 Å². The van der Waals surface area contributed by atoms with Gasteiger partial charge in [0.05, 0.1) is 40.4 Å². The minimum absolute atomic E-state index is 0.100. The van der Waals surface area contributed by atoms with E-state index in [-0.39, 0.29) is 41.7 Å². The molecule has 0 radical (unpaired) electrons. The van der Waals surface area contributed by atoms with Crippen molar-refractivity contribution in [2.45, 2.75) is 43.9 Å². The third-order valence-corrected chi connectivity index (χ3v) is 11.0. The molecule has 0 spiro atoms. The van der Waals surface area contributed by atoms with Gasteiger partial charge in [0.1, 0.15) is 23.7 Å². The summed E-state index contributed by atoms with van der Waals surface area (Å²) in [5.41, 5.74) is 3.02. The van der Waals surface area contributed by atoms with Crippen LogP contribution in [0.15, 0.2) is 72.8 Å². The van der Waals surface area contributed by atoms with E-state index in [0.29, 0.717) is 39.5 Å². The van der Waals surface area contributed by atoms with Gasteiger partial charge in [-0.05, 0) is 47.4 Å². The molecule has 5 N–H and O–H groups in total. The quantitative estimate of drug-likeness (QED) is 0.0953. The van der Waals surface area contributed by atoms with Gasteiger partial charge in [-0.25, -0.2) is 0 Å². The van der Waals surface area contributed by atoms with Crippen LogP contribution in [0.2, 0.25) is 0 Å². The molecule has 5 atom stereocenters. The number of carbonyl (C=O) groups is 2. The Morgan fingerprint density at radius 3 is 2.18 bits per heavy atom. The van der Waals surface area contributed by atoms with Crippen molar-refractivity contribution in [2.24, 2.45) is 0 Å². The van der Waals surface area contributed by atoms with Crippen molar-refractivity contribution in [3.8, 4) is 11.5 Å². The summed E-state index contributed by atoms with van der Waals surface area (Å²) in [4.78, 5) is 32.0. The number of phenols is 1. The average molecular weight is 733 g/mol. The smallest absolute Gasteiger partial charge is 0.268 e. The van der Waals surface area contributed by atoms with Gasteiger partial charge in [0, 0.05) is 47.8 Å². The monoisotopic (exact) mass is 732 g/mol. The van der Waals surface area contributed by atoms with Crippen LogP contribution in [0.25, 0.3) is 21.5 Å². The van der Waals surface area contributed by atoms with E-state index in [1.54, 1.807) is 34.1 Å². The molecule has 51 heavy (non-hydrogen) atoms. The molecule has 266 valence electrons. The van der Waals surface area contributed by atoms with Gasteiger partial charge in [-0.3, -0.25) is 9.59 Å². The third kappa shape index (κ3) is 6.31. The summed E-state index contributed by atoms with van der Waals surface area (Å²) in [6.45, 7) is 0.859. The Hall–Kier alpha value is -4.27. The number of amides is 2. The average Bonchev–Trinajstić information content (AvgIpc) is 3.90. The number of phenolic OH excluding ortho intramolecular Hbond substituents is 1. The Kier molecular flexibility index (Phi) is 9.92. The van der Waals surface area contributed by atoms with Gasteiger partial charge < -0.3 is 44.8 Å². The largest absolute Gasteiger partial charge is 0.507 e. The van der Waals surface area contributed by atoms with Crippen molar-refractivity contribution in [1.82, 2.24) is 0 Å². The zero-order chi connectivity index (χ0) is 36.0. The van der Waals surface area contributed by atoms with Crippen LogP contribution in [-0.2, 0) is 11.2 Å². The highest BCUT2D eigenvalue weighted by Crippen LogP contribution is 2.47. The highest BCUT2D eigenvalue weighted by atomic mass is 35.5. The molecule has 2 aliphatic rings. The van der Waals surface area contributed by atoms with Crippen LogP contribution in [0, 0.1) is 0 Å². The van der Waals surface area contributed by atoms with E-state index in [1.165, 1.54) is 6.92 Å². The van der Waals surface area contributed by atoms with Crippen LogP contribution in [0.4, 0.5) is 11.4 Å². The normalized spacial score (nSPS) is 17.7. The third-order valence-electron chi connectivity index (χ3n) is 9.59. The van der Waals surface area contributed by atoms with Crippen molar-refractivity contribution in [1.29, 1.82) is 0 Å². The van der Waals surface area contributed by atoms with E-state index in [4.69, 9.17) is 21.1 Å². The molecule has 2 amide bonds. The second kappa shape index (κ2) is 14.4. The van der Waals surface area contributed by atoms with Crippen LogP contribution in [0.1, 0.15) is 43.3 Å². The molecule has 0 saturated carbocycles. The van der Waals surface area contributed by atoms with Gasteiger partial charge in [-0.1, -0.05) is 48.5 Å². The predicted octanol–water partition coefficient (Wildman–Crippen LogP) is 4.76. The standard InChI is InChI=1S/C38H37ClN2O9S/c1-20(44)32(19-43)50-38(30(46)18-42)49-31-15-28-35(26-9-5-4-8-25(26)31)21(16-39)17-41(28)37(48)34-11-10-33(51-34)36(47)40-13-12-23-22-6-2-3-7-24(22)29(45)14-27(23)40/h2-11,14-15,20-21,30,32,38,42-46H,12-13,16-19H2,1H3. The summed E-state index contributed by atoms with van der Waals surface area (Å²) in [5.74, 6) is -0.254. The highest BCUT2D eigenvalue weighted by molar-refractivity contribution is 7.16. The number of aliphatic hydroxyl groups is 4. The molecule has 1 aromatic heterocycles. The van der Waals surface area contributed by atoms with Gasteiger partial charge in [-0.15, -0.1) is 22.9 Å². The number of hydrogen-bond donors (Lipinski definition) is 5. The maximum Gasteiger partial charge on any atom is 0.268 e. The number of halogens is 1. The minimum atomic E-state index is -1.52. The zero-order valence-electron chi connectivity index (χ0n) is 27.6. The predicted molar refractivity (Wildman–Crippen MR) is 196 cm³/mol. The molecule has 0 bridgehead atoms. The Morgan fingerprint density at radius 2 is 1.53 bits per heavy atom. The molecule has 2 aliphatic heterocycles. The van der Waals surface area contributed by atoms with Crippen LogP contribution < -0.4 is 14.5 Å². The lowest BCUT2D eigenvalue weighted by molar-refractivity contribution is -0.204. The lowest BCUT2D eigenvalue weighted by atomic mass is 9.95. The molecule has 4 aromatic carbocycles. The Labute approximate surface area is 302 Å². The van der Waals surface area contributed by atoms with Crippen LogP contribution in [0.3, 0.4) is 0 Å². The Balaban J connectivity index is 1.21. The summed E-state index contributed by atoms with van der Waals surface area (Å²) in [7, 11) is 0. The number of hydrogen-bond acceptors (Lipinski definition) is 10. The maximum atomic E-state index is 14.2. The maximum absolute atomic E-state index is 14.2. The lowest BCUT2D eigenvalue weighted by Gasteiger charge is -2.29. The number of nitrogens with zero attached hydrogens (tertiary/aromatic N) is 2. The number of benzene rings is 4. The van der Waals surface area contributed by atoms with Crippen molar-refractivity contribution in [3.63, 3.8) is 0 Å². The van der Waals surface area contributed by atoms with Gasteiger partial charge >= 0.3 is 0 Å². The van der Waals surface area contributed by atoms with Gasteiger partial charge in [0.15, 0.2) is 0 Å². The molecule has 11 nitrogen and oxygen atoms in total. The number of thiophene rings is 1. The summed E-state index contributed by atoms with van der Waals surface area (Å²) in [6, 6.07) is 21.5. The summed E-state index contributed by atoms with van der Waals surface area (Å²) >= 11 is 7.57. The Bertz CT molecular complexity index is 2120. The number of carbonyl (C=O) groups excluding carboxylic acids is 2. The second-order valence-electron chi connectivity index (χ2n) is 12.8. The number of aromatic hydroxyl groups is 1. The zero-order valence-corrected chi connectivity index (χ0v) is 29.2. The first kappa shape index (κ1) is 35.1. The molecule has 0 fully saturated rings. The highest BCUT2D eigenvalue weighted by Gasteiger charge is 2.37. The lowest BCUT2D eigenvalue weighted by Crippen LogP contribution is -2.43. The molecule has 3 heterocycles. The Morgan fingerprint density at radius 1 is 0.882 bits per heavy atom. The summed E-state index contributed by atoms with van der Waals surface area (Å²) in [5, 5.41) is 53.9. The minimum Gasteiger partial charge on any atom is -0.507 e. The number of ether oxygens (including phenoxy) is 2. The van der Waals surface area contributed by atoms with Crippen LogP contribution in [-0.4, -0.2) is 94.1 Å². The summed E-state index contributed by atoms with van der Waals surface area (Å²) < 4.78 is 11.9. The molecule has 5 aromatic rings. The molecule has 0 saturated heterocycles. The topological polar surface area (TPSA) is 160 Å². The fourth-order valence-electron chi connectivity index (χ4n) is 7.01. The first-order valence-corrected chi connectivity index (χ1v) is 18.0. The number of alkyl halides is 1. The molecule has 13 heteroatoms. The van der Waals surface area contributed by atoms with E-state index in [2.05, 4.69) is 0 Å². The van der Waals surface area contributed by atoms with Crippen molar-refractivity contribution in [3.05, 3.63) is 93.7 Å². The van der Waals surface area contributed by atoms with Crippen molar-refractivity contribution >= 4 is 67.7 Å². The van der Waals surface area contributed by atoms with E-state index >= 15 is 0 Å². The summed E-state index contributed by atoms with van der Waals surface area (Å²) in [6.07, 6.45) is -4.56. The number of fused-ring (bicyclic) bond motifs is 6. The number of anilines is 2. The van der Waals surface area contributed by atoms with Gasteiger partial charge in [0.25, 0.3) is 11.8 Å². The first-order chi connectivity index (χ1) is 24.6. The SMILES string of the molecule is CC(O)C(CO)OC(Oc1cc2c(c3ccccc13)C(CCl)CN2C(=O)c1ccc(C(=O)N2CCc3c2cc(O)c2ccccc32)s1)C(O)CO. The van der Waals surface area contributed by atoms with E-state index in [9.17, 15) is 35.1 Å². The fourth-order valence-corrected chi connectivity index (χ4v) is 8.17.